The van der Waals surface area contributed by atoms with Gasteiger partial charge in [0.2, 0.25) is 0 Å². The first kappa shape index (κ1) is 17.2. The van der Waals surface area contributed by atoms with Crippen LogP contribution >= 0.6 is 0 Å². The maximum Gasteiger partial charge on any atom is 0.256 e. The van der Waals surface area contributed by atoms with Crippen LogP contribution in [0.5, 0.6) is 5.75 Å². The number of ketones is 1. The minimum absolute atomic E-state index is 0.0326. The highest BCUT2D eigenvalue weighted by atomic mass is 16.3. The zero-order valence-corrected chi connectivity index (χ0v) is 14.8. The number of phenols is 1. The van der Waals surface area contributed by atoms with Gasteiger partial charge in [-0.15, -0.1) is 0 Å². The number of fused-ring (bicyclic) bond motifs is 1. The normalized spacial score (nSPS) is 15.0. The topological polar surface area (TPSA) is 70.5 Å². The van der Waals surface area contributed by atoms with Gasteiger partial charge in [0.05, 0.1) is 11.1 Å². The van der Waals surface area contributed by atoms with Gasteiger partial charge in [-0.3, -0.25) is 14.6 Å². The van der Waals surface area contributed by atoms with Crippen molar-refractivity contribution in [2.24, 2.45) is 5.92 Å². The second kappa shape index (κ2) is 7.19. The molecule has 27 heavy (non-hydrogen) atoms. The number of aromatic nitrogens is 1. The van der Waals surface area contributed by atoms with Gasteiger partial charge in [0, 0.05) is 36.2 Å². The highest BCUT2D eigenvalue weighted by molar-refractivity contribution is 6.05. The molecule has 5 heteroatoms. The number of pyridine rings is 1. The van der Waals surface area contributed by atoms with Crippen molar-refractivity contribution in [2.75, 3.05) is 13.1 Å². The van der Waals surface area contributed by atoms with Crippen LogP contribution in [0.2, 0.25) is 0 Å². The summed E-state index contributed by atoms with van der Waals surface area (Å²) in [6, 6.07) is 15.8. The second-order valence-corrected chi connectivity index (χ2v) is 6.86. The number of nitrogens with zero attached hydrogens (tertiary/aromatic N) is 2. The van der Waals surface area contributed by atoms with E-state index in [1.807, 2.05) is 35.2 Å². The van der Waals surface area contributed by atoms with Gasteiger partial charge in [-0.2, -0.15) is 0 Å². The predicted octanol–water partition coefficient (Wildman–Crippen LogP) is 3.68. The van der Waals surface area contributed by atoms with Gasteiger partial charge < -0.3 is 10.0 Å². The van der Waals surface area contributed by atoms with Crippen LogP contribution in [0.3, 0.4) is 0 Å². The molecular weight excluding hydrogens is 340 g/mol. The largest absolute Gasteiger partial charge is 0.508 e. The number of Topliss-reactive ketones (excluding diaryl/α,β-unsaturated/α-hetero) is 1. The third-order valence-electron chi connectivity index (χ3n) is 5.17. The molecule has 0 aliphatic carbocycles. The highest BCUT2D eigenvalue weighted by Gasteiger charge is 2.29. The van der Waals surface area contributed by atoms with Crippen LogP contribution in [0.25, 0.3) is 10.9 Å². The number of rotatable bonds is 3. The SMILES string of the molecule is O=C(c1ccc(O)cc1)C1CCN(C(=O)c2cccc3cccnc23)CC1. The van der Waals surface area contributed by atoms with Crippen molar-refractivity contribution in [3.05, 3.63) is 71.9 Å². The molecule has 0 atom stereocenters. The maximum absolute atomic E-state index is 13.0. The molecule has 136 valence electrons. The lowest BCUT2D eigenvalue weighted by molar-refractivity contribution is 0.0651. The first-order valence-electron chi connectivity index (χ1n) is 9.10. The average molecular weight is 360 g/mol. The quantitative estimate of drug-likeness (QED) is 0.724. The molecule has 5 nitrogen and oxygen atoms in total. The zero-order valence-electron chi connectivity index (χ0n) is 14.8. The van der Waals surface area contributed by atoms with E-state index in [1.165, 1.54) is 12.1 Å². The standard InChI is InChI=1S/C22H20N2O3/c25-18-8-6-16(7-9-18)21(26)17-10-13-24(14-11-17)22(27)19-5-1-3-15-4-2-12-23-20(15)19/h1-9,12,17,25H,10-11,13-14H2. The molecule has 0 unspecified atom stereocenters. The fraction of sp³-hybridized carbons (Fsp3) is 0.227. The first-order chi connectivity index (χ1) is 13.1. The van der Waals surface area contributed by atoms with Gasteiger partial charge >= 0.3 is 0 Å². The van der Waals surface area contributed by atoms with Crippen molar-refractivity contribution in [3.8, 4) is 5.75 Å². The van der Waals surface area contributed by atoms with Crippen LogP contribution in [0, 0.1) is 5.92 Å². The van der Waals surface area contributed by atoms with E-state index in [9.17, 15) is 14.7 Å². The maximum atomic E-state index is 13.0. The summed E-state index contributed by atoms with van der Waals surface area (Å²) in [6.07, 6.45) is 2.98. The van der Waals surface area contributed by atoms with E-state index in [0.717, 1.165) is 5.39 Å². The number of benzene rings is 2. The van der Waals surface area contributed by atoms with Gasteiger partial charge in [-0.05, 0) is 49.2 Å². The van der Waals surface area contributed by atoms with Gasteiger partial charge in [-0.1, -0.05) is 18.2 Å². The Balaban J connectivity index is 1.46. The minimum Gasteiger partial charge on any atom is -0.508 e. The molecule has 0 saturated carbocycles. The lowest BCUT2D eigenvalue weighted by Crippen LogP contribution is -2.40. The first-order valence-corrected chi connectivity index (χ1v) is 9.10. The van der Waals surface area contributed by atoms with E-state index in [4.69, 9.17) is 0 Å². The molecule has 4 rings (SSSR count). The number of likely N-dealkylation sites (tertiary alicyclic amines) is 1. The van der Waals surface area contributed by atoms with Crippen LogP contribution in [0.1, 0.15) is 33.6 Å². The Morgan fingerprint density at radius 1 is 0.963 bits per heavy atom. The molecule has 1 aromatic heterocycles. The van der Waals surface area contributed by atoms with Crippen molar-refractivity contribution in [3.63, 3.8) is 0 Å². The Kier molecular flexibility index (Phi) is 4.59. The van der Waals surface area contributed by atoms with Gasteiger partial charge in [0.1, 0.15) is 5.75 Å². The number of amides is 1. The Labute approximate surface area is 157 Å². The van der Waals surface area contributed by atoms with E-state index >= 15 is 0 Å². The fourth-order valence-electron chi connectivity index (χ4n) is 3.65. The van der Waals surface area contributed by atoms with Gasteiger partial charge in [0.25, 0.3) is 5.91 Å². The molecule has 1 saturated heterocycles. The molecule has 1 aliphatic rings. The molecule has 2 heterocycles. The van der Waals surface area contributed by atoms with E-state index in [2.05, 4.69) is 4.98 Å². The minimum atomic E-state index is -0.0933. The summed E-state index contributed by atoms with van der Waals surface area (Å²) in [5.41, 5.74) is 1.93. The van der Waals surface area contributed by atoms with Crippen LogP contribution in [0.4, 0.5) is 0 Å². The van der Waals surface area contributed by atoms with E-state index < -0.39 is 0 Å². The summed E-state index contributed by atoms with van der Waals surface area (Å²) in [4.78, 5) is 31.8. The molecule has 0 radical (unpaired) electrons. The van der Waals surface area contributed by atoms with E-state index in [0.29, 0.717) is 42.6 Å². The predicted molar refractivity (Wildman–Crippen MR) is 103 cm³/mol. The van der Waals surface area contributed by atoms with Crippen molar-refractivity contribution < 1.29 is 14.7 Å². The lowest BCUT2D eigenvalue weighted by atomic mass is 9.88. The molecule has 1 N–H and O–H groups in total. The Morgan fingerprint density at radius 3 is 2.41 bits per heavy atom. The molecule has 0 spiro atoms. The summed E-state index contributed by atoms with van der Waals surface area (Å²) < 4.78 is 0. The molecule has 1 aliphatic heterocycles. The van der Waals surface area contributed by atoms with E-state index in [1.54, 1.807) is 18.3 Å². The molecule has 1 fully saturated rings. The smallest absolute Gasteiger partial charge is 0.256 e. The number of carbonyl (C=O) groups is 2. The number of phenolic OH excluding ortho intramolecular Hbond substituents is 1. The summed E-state index contributed by atoms with van der Waals surface area (Å²) in [5.74, 6) is 0.101. The lowest BCUT2D eigenvalue weighted by Gasteiger charge is -2.31. The third-order valence-corrected chi connectivity index (χ3v) is 5.17. The van der Waals surface area contributed by atoms with E-state index in [-0.39, 0.29) is 23.4 Å². The zero-order chi connectivity index (χ0) is 18.8. The Bertz CT molecular complexity index is 985. The third kappa shape index (κ3) is 3.40. The summed E-state index contributed by atoms with van der Waals surface area (Å²) in [7, 11) is 0. The van der Waals surface area contributed by atoms with Crippen LogP contribution in [0.15, 0.2) is 60.8 Å². The van der Waals surface area contributed by atoms with Crippen molar-refractivity contribution >= 4 is 22.6 Å². The van der Waals surface area contributed by atoms with Crippen molar-refractivity contribution in [1.29, 1.82) is 0 Å². The van der Waals surface area contributed by atoms with Crippen molar-refractivity contribution in [2.45, 2.75) is 12.8 Å². The second-order valence-electron chi connectivity index (χ2n) is 6.86. The van der Waals surface area contributed by atoms with Gasteiger partial charge in [-0.25, -0.2) is 0 Å². The molecular formula is C22H20N2O3. The molecule has 0 bridgehead atoms. The summed E-state index contributed by atoms with van der Waals surface area (Å²) >= 11 is 0. The average Bonchev–Trinajstić information content (AvgIpc) is 2.73. The number of piperidine rings is 1. The number of para-hydroxylation sites is 1. The van der Waals surface area contributed by atoms with Crippen LogP contribution in [-0.2, 0) is 0 Å². The number of hydrogen-bond donors (Lipinski definition) is 1. The van der Waals surface area contributed by atoms with Gasteiger partial charge in [0.15, 0.2) is 5.78 Å². The number of carbonyl (C=O) groups excluding carboxylic acids is 2. The number of aromatic hydroxyl groups is 1. The van der Waals surface area contributed by atoms with Crippen LogP contribution in [-0.4, -0.2) is 39.8 Å². The Morgan fingerprint density at radius 2 is 1.67 bits per heavy atom. The molecule has 3 aromatic rings. The fourth-order valence-corrected chi connectivity index (χ4v) is 3.65. The number of hydrogen-bond acceptors (Lipinski definition) is 4. The molecule has 1 amide bonds. The summed E-state index contributed by atoms with van der Waals surface area (Å²) in [6.45, 7) is 1.10. The van der Waals surface area contributed by atoms with Crippen molar-refractivity contribution in [1.82, 2.24) is 9.88 Å². The Hall–Kier alpha value is -3.21. The monoisotopic (exact) mass is 360 g/mol. The highest BCUT2D eigenvalue weighted by Crippen LogP contribution is 2.25. The summed E-state index contributed by atoms with van der Waals surface area (Å²) in [5, 5.41) is 10.3. The van der Waals surface area contributed by atoms with Crippen LogP contribution < -0.4 is 0 Å². The molecule has 2 aromatic carbocycles.